The molecule has 6 heteroatoms. The van der Waals surface area contributed by atoms with E-state index in [-0.39, 0.29) is 5.78 Å². The van der Waals surface area contributed by atoms with Gasteiger partial charge in [-0.1, -0.05) is 0 Å². The van der Waals surface area contributed by atoms with E-state index in [0.29, 0.717) is 29.6 Å². The molecule has 3 rings (SSSR count). The molecule has 0 bridgehead atoms. The summed E-state index contributed by atoms with van der Waals surface area (Å²) in [6, 6.07) is 16.8. The van der Waals surface area contributed by atoms with Crippen molar-refractivity contribution >= 4 is 28.8 Å². The van der Waals surface area contributed by atoms with Crippen molar-refractivity contribution in [2.45, 2.75) is 20.8 Å². The molecule has 1 aromatic heterocycles. The number of carbonyl (C=O) groups is 1. The molecule has 0 atom stereocenters. The molecule has 27 heavy (non-hydrogen) atoms. The smallest absolute Gasteiger partial charge is 0.159 e. The van der Waals surface area contributed by atoms with Crippen LogP contribution in [-0.4, -0.2) is 22.4 Å². The van der Waals surface area contributed by atoms with E-state index >= 15 is 0 Å². The number of ketones is 1. The zero-order valence-electron chi connectivity index (χ0n) is 15.6. The monoisotopic (exact) mass is 362 g/mol. The minimum atomic E-state index is 0.0428. The molecule has 0 unspecified atom stereocenters. The first kappa shape index (κ1) is 18.4. The number of rotatable bonds is 7. The zero-order valence-corrected chi connectivity index (χ0v) is 15.6. The van der Waals surface area contributed by atoms with E-state index in [2.05, 4.69) is 20.6 Å². The van der Waals surface area contributed by atoms with Gasteiger partial charge in [-0.25, -0.2) is 9.97 Å². The van der Waals surface area contributed by atoms with E-state index in [4.69, 9.17) is 4.74 Å². The third-order valence-electron chi connectivity index (χ3n) is 3.84. The minimum Gasteiger partial charge on any atom is -0.494 e. The SMILES string of the molecule is CCOc1ccc(Nc2cc(Nc3ccc(C(C)=O)cc3)nc(C)n2)cc1. The molecule has 0 fully saturated rings. The number of aromatic nitrogens is 2. The summed E-state index contributed by atoms with van der Waals surface area (Å²) >= 11 is 0. The Kier molecular flexibility index (Phi) is 5.66. The number of Topliss-reactive ketones (excluding diaryl/α,β-unsaturated/α-hetero) is 1. The fourth-order valence-electron chi connectivity index (χ4n) is 2.58. The lowest BCUT2D eigenvalue weighted by atomic mass is 10.1. The summed E-state index contributed by atoms with van der Waals surface area (Å²) in [6.07, 6.45) is 0. The van der Waals surface area contributed by atoms with Crippen LogP contribution in [0.1, 0.15) is 30.0 Å². The highest BCUT2D eigenvalue weighted by Crippen LogP contribution is 2.22. The molecule has 0 aliphatic rings. The van der Waals surface area contributed by atoms with Crippen LogP contribution in [0, 0.1) is 6.92 Å². The Morgan fingerprint density at radius 3 is 1.93 bits per heavy atom. The molecule has 1 heterocycles. The minimum absolute atomic E-state index is 0.0428. The normalized spacial score (nSPS) is 10.3. The quantitative estimate of drug-likeness (QED) is 0.584. The Hall–Kier alpha value is -3.41. The van der Waals surface area contributed by atoms with Gasteiger partial charge in [0, 0.05) is 23.0 Å². The van der Waals surface area contributed by atoms with Crippen LogP contribution in [0.15, 0.2) is 54.6 Å². The molecular formula is C21H22N4O2. The fraction of sp³-hybridized carbons (Fsp3) is 0.190. The van der Waals surface area contributed by atoms with E-state index < -0.39 is 0 Å². The lowest BCUT2D eigenvalue weighted by molar-refractivity contribution is 0.101. The highest BCUT2D eigenvalue weighted by atomic mass is 16.5. The Morgan fingerprint density at radius 1 is 0.926 bits per heavy atom. The molecular weight excluding hydrogens is 340 g/mol. The number of carbonyl (C=O) groups excluding carboxylic acids is 1. The van der Waals surface area contributed by atoms with Gasteiger partial charge in [-0.2, -0.15) is 0 Å². The van der Waals surface area contributed by atoms with E-state index in [1.54, 1.807) is 19.1 Å². The maximum atomic E-state index is 11.4. The van der Waals surface area contributed by atoms with Gasteiger partial charge in [0.25, 0.3) is 0 Å². The van der Waals surface area contributed by atoms with Crippen molar-refractivity contribution in [1.29, 1.82) is 0 Å². The topological polar surface area (TPSA) is 76.1 Å². The molecule has 3 aromatic rings. The van der Waals surface area contributed by atoms with Gasteiger partial charge in [0.05, 0.1) is 6.61 Å². The first-order chi connectivity index (χ1) is 13.0. The molecule has 2 N–H and O–H groups in total. The van der Waals surface area contributed by atoms with Crippen LogP contribution in [0.4, 0.5) is 23.0 Å². The zero-order chi connectivity index (χ0) is 19.2. The van der Waals surface area contributed by atoms with Crippen LogP contribution < -0.4 is 15.4 Å². The molecule has 0 saturated carbocycles. The van der Waals surface area contributed by atoms with Gasteiger partial charge in [0.15, 0.2) is 5.78 Å². The van der Waals surface area contributed by atoms with Crippen molar-refractivity contribution in [2.24, 2.45) is 0 Å². The lowest BCUT2D eigenvalue weighted by Crippen LogP contribution is -2.02. The number of anilines is 4. The predicted molar refractivity (Wildman–Crippen MR) is 107 cm³/mol. The average molecular weight is 362 g/mol. The molecule has 2 aromatic carbocycles. The number of hydrogen-bond donors (Lipinski definition) is 2. The van der Waals surface area contributed by atoms with Gasteiger partial charge >= 0.3 is 0 Å². The first-order valence-electron chi connectivity index (χ1n) is 8.77. The summed E-state index contributed by atoms with van der Waals surface area (Å²) in [5.41, 5.74) is 2.44. The van der Waals surface area contributed by atoms with Crippen molar-refractivity contribution < 1.29 is 9.53 Å². The number of hydrogen-bond acceptors (Lipinski definition) is 6. The molecule has 0 spiro atoms. The van der Waals surface area contributed by atoms with Crippen LogP contribution in [-0.2, 0) is 0 Å². The maximum Gasteiger partial charge on any atom is 0.159 e. The van der Waals surface area contributed by atoms with Gasteiger partial charge < -0.3 is 15.4 Å². The maximum absolute atomic E-state index is 11.4. The second kappa shape index (κ2) is 8.31. The second-order valence-corrected chi connectivity index (χ2v) is 6.03. The van der Waals surface area contributed by atoms with Crippen LogP contribution >= 0.6 is 0 Å². The Morgan fingerprint density at radius 2 is 1.44 bits per heavy atom. The Bertz CT molecular complexity index is 922. The third-order valence-corrected chi connectivity index (χ3v) is 3.84. The lowest BCUT2D eigenvalue weighted by Gasteiger charge is -2.11. The number of nitrogens with one attached hydrogen (secondary N) is 2. The van der Waals surface area contributed by atoms with Crippen molar-refractivity contribution in [3.8, 4) is 5.75 Å². The predicted octanol–water partition coefficient (Wildman–Crippen LogP) is 4.87. The standard InChI is InChI=1S/C21H22N4O2/c1-4-27-19-11-9-18(10-12-19)25-21-13-20(22-15(3)23-21)24-17-7-5-16(6-8-17)14(2)26/h5-13H,4H2,1-3H3,(H2,22,23,24,25). The van der Waals surface area contributed by atoms with Crippen molar-refractivity contribution in [2.75, 3.05) is 17.2 Å². The number of benzene rings is 2. The van der Waals surface area contributed by atoms with Crippen LogP contribution in [0.5, 0.6) is 5.75 Å². The second-order valence-electron chi connectivity index (χ2n) is 6.03. The van der Waals surface area contributed by atoms with Gasteiger partial charge in [-0.05, 0) is 69.3 Å². The largest absolute Gasteiger partial charge is 0.494 e. The number of nitrogens with zero attached hydrogens (tertiary/aromatic N) is 2. The van der Waals surface area contributed by atoms with Crippen molar-refractivity contribution in [1.82, 2.24) is 9.97 Å². The first-order valence-corrected chi connectivity index (χ1v) is 8.77. The Balaban J connectivity index is 1.74. The summed E-state index contributed by atoms with van der Waals surface area (Å²) in [4.78, 5) is 20.2. The van der Waals surface area contributed by atoms with E-state index in [1.165, 1.54) is 0 Å². The molecule has 138 valence electrons. The number of ether oxygens (including phenoxy) is 1. The molecule has 0 aliphatic carbocycles. The summed E-state index contributed by atoms with van der Waals surface area (Å²) in [5.74, 6) is 2.88. The van der Waals surface area contributed by atoms with Crippen molar-refractivity contribution in [3.63, 3.8) is 0 Å². The van der Waals surface area contributed by atoms with Gasteiger partial charge in [-0.15, -0.1) is 0 Å². The molecule has 0 radical (unpaired) electrons. The van der Waals surface area contributed by atoms with Crippen LogP contribution in [0.3, 0.4) is 0 Å². The third kappa shape index (κ3) is 5.04. The molecule has 6 nitrogen and oxygen atoms in total. The van der Waals surface area contributed by atoms with Gasteiger partial charge in [0.1, 0.15) is 23.2 Å². The van der Waals surface area contributed by atoms with E-state index in [9.17, 15) is 4.79 Å². The van der Waals surface area contributed by atoms with E-state index in [1.807, 2.05) is 56.3 Å². The summed E-state index contributed by atoms with van der Waals surface area (Å²) in [6.45, 7) is 5.99. The summed E-state index contributed by atoms with van der Waals surface area (Å²) < 4.78 is 5.45. The highest BCUT2D eigenvalue weighted by Gasteiger charge is 2.05. The van der Waals surface area contributed by atoms with Gasteiger partial charge in [-0.3, -0.25) is 4.79 Å². The fourth-order valence-corrected chi connectivity index (χ4v) is 2.58. The highest BCUT2D eigenvalue weighted by molar-refractivity contribution is 5.94. The van der Waals surface area contributed by atoms with Gasteiger partial charge in [0.2, 0.25) is 0 Å². The average Bonchev–Trinajstić information content (AvgIpc) is 2.63. The van der Waals surface area contributed by atoms with Crippen LogP contribution in [0.2, 0.25) is 0 Å². The van der Waals surface area contributed by atoms with Crippen LogP contribution in [0.25, 0.3) is 0 Å². The van der Waals surface area contributed by atoms with Crippen molar-refractivity contribution in [3.05, 3.63) is 66.0 Å². The summed E-state index contributed by atoms with van der Waals surface area (Å²) in [5, 5.41) is 6.51. The Labute approximate surface area is 158 Å². The van der Waals surface area contributed by atoms with E-state index in [0.717, 1.165) is 17.1 Å². The number of aryl methyl sites for hydroxylation is 1. The molecule has 0 amide bonds. The summed E-state index contributed by atoms with van der Waals surface area (Å²) in [7, 11) is 0. The molecule has 0 saturated heterocycles. The molecule has 0 aliphatic heterocycles.